The highest BCUT2D eigenvalue weighted by atomic mass is 16.5. The van der Waals surface area contributed by atoms with Crippen LogP contribution < -0.4 is 9.47 Å². The third kappa shape index (κ3) is 6.27. The summed E-state index contributed by atoms with van der Waals surface area (Å²) in [6.45, 7) is 1.70. The van der Waals surface area contributed by atoms with Crippen molar-refractivity contribution in [1.82, 2.24) is 4.90 Å². The first-order chi connectivity index (χ1) is 16.7. The molecule has 1 unspecified atom stereocenters. The number of nitrogens with zero attached hydrogens (tertiary/aromatic N) is 1. The molecule has 0 aromatic heterocycles. The van der Waals surface area contributed by atoms with Gasteiger partial charge in [-0.1, -0.05) is 73.2 Å². The average Bonchev–Trinajstić information content (AvgIpc) is 3.06. The predicted molar refractivity (Wildman–Crippen MR) is 136 cm³/mol. The minimum atomic E-state index is 0.0302. The van der Waals surface area contributed by atoms with Crippen LogP contribution in [0.4, 0.5) is 0 Å². The fourth-order valence-electron chi connectivity index (χ4n) is 5.03. The zero-order chi connectivity index (χ0) is 23.8. The van der Waals surface area contributed by atoms with E-state index in [0.29, 0.717) is 12.2 Å². The lowest BCUT2D eigenvalue weighted by molar-refractivity contribution is -0.123. The molecule has 1 fully saturated rings. The van der Waals surface area contributed by atoms with Gasteiger partial charge in [0.05, 0.1) is 14.2 Å². The van der Waals surface area contributed by atoms with Gasteiger partial charge in [0.1, 0.15) is 17.3 Å². The first-order valence-corrected chi connectivity index (χ1v) is 12.2. The number of rotatable bonds is 9. The van der Waals surface area contributed by atoms with Crippen LogP contribution in [0.15, 0.2) is 78.9 Å². The van der Waals surface area contributed by atoms with E-state index < -0.39 is 0 Å². The van der Waals surface area contributed by atoms with Crippen molar-refractivity contribution in [3.63, 3.8) is 0 Å². The smallest absolute Gasteiger partial charge is 0.137 e. The highest BCUT2D eigenvalue weighted by molar-refractivity contribution is 5.82. The van der Waals surface area contributed by atoms with Crippen LogP contribution in [0, 0.1) is 5.92 Å². The van der Waals surface area contributed by atoms with Gasteiger partial charge in [-0.15, -0.1) is 0 Å². The Kier molecular flexibility index (Phi) is 8.37. The summed E-state index contributed by atoms with van der Waals surface area (Å²) >= 11 is 0. The molecule has 1 aliphatic rings. The van der Waals surface area contributed by atoms with Gasteiger partial charge < -0.3 is 9.47 Å². The number of Topliss-reactive ketones (excluding diaryl/α,β-unsaturated/α-hetero) is 1. The summed E-state index contributed by atoms with van der Waals surface area (Å²) in [6, 6.07) is 27.3. The molecule has 1 saturated carbocycles. The van der Waals surface area contributed by atoms with Crippen molar-refractivity contribution in [3.05, 3.63) is 95.6 Å². The molecule has 0 spiro atoms. The van der Waals surface area contributed by atoms with Crippen molar-refractivity contribution in [1.29, 1.82) is 0 Å². The summed E-state index contributed by atoms with van der Waals surface area (Å²) in [6.07, 6.45) is 4.34. The van der Waals surface area contributed by atoms with E-state index in [1.165, 1.54) is 11.1 Å². The van der Waals surface area contributed by atoms with E-state index in [4.69, 9.17) is 9.47 Å². The first-order valence-electron chi connectivity index (χ1n) is 12.2. The van der Waals surface area contributed by atoms with E-state index in [1.807, 2.05) is 18.2 Å². The molecule has 4 rings (SSSR count). The highest BCUT2D eigenvalue weighted by Gasteiger charge is 2.30. The van der Waals surface area contributed by atoms with Gasteiger partial charge in [-0.25, -0.2) is 0 Å². The molecule has 1 aliphatic carbocycles. The van der Waals surface area contributed by atoms with Crippen molar-refractivity contribution in [2.75, 3.05) is 14.2 Å². The molecule has 0 heterocycles. The van der Waals surface area contributed by atoms with Crippen LogP contribution >= 0.6 is 0 Å². The lowest BCUT2D eigenvalue weighted by Crippen LogP contribution is -2.36. The SMILES string of the molecule is COc1ccc(CC2CCC[C@@H](N(Cc3ccccc3)Cc3ccccc3)CC2=O)c(OC)c1. The second-order valence-corrected chi connectivity index (χ2v) is 9.21. The normalized spacial score (nSPS) is 18.5. The molecule has 3 aromatic rings. The standard InChI is InChI=1S/C30H35NO3/c1-33-28-17-16-26(30(20-28)34-2)18-25-14-9-15-27(19-29(25)32)31(21-23-10-5-3-6-11-23)22-24-12-7-4-8-13-24/h3-8,10-13,16-17,20,25,27H,9,14-15,18-19,21-22H2,1-2H3/t25?,27-/m1/s1. The molecule has 0 saturated heterocycles. The summed E-state index contributed by atoms with van der Waals surface area (Å²) in [5, 5.41) is 0. The topological polar surface area (TPSA) is 38.8 Å². The number of carbonyl (C=O) groups is 1. The van der Waals surface area contributed by atoms with Crippen molar-refractivity contribution in [2.45, 2.75) is 51.2 Å². The second kappa shape index (κ2) is 11.8. The van der Waals surface area contributed by atoms with E-state index in [-0.39, 0.29) is 12.0 Å². The third-order valence-electron chi connectivity index (χ3n) is 6.92. The van der Waals surface area contributed by atoms with E-state index >= 15 is 0 Å². The maximum atomic E-state index is 13.5. The maximum Gasteiger partial charge on any atom is 0.137 e. The van der Waals surface area contributed by atoms with E-state index in [2.05, 4.69) is 65.6 Å². The first kappa shape index (κ1) is 24.0. The maximum absolute atomic E-state index is 13.5. The van der Waals surface area contributed by atoms with Crippen molar-refractivity contribution < 1.29 is 14.3 Å². The molecule has 0 bridgehead atoms. The van der Waals surface area contributed by atoms with Crippen LogP contribution in [0.2, 0.25) is 0 Å². The quantitative estimate of drug-likeness (QED) is 0.365. The lowest BCUT2D eigenvalue weighted by atomic mass is 9.90. The summed E-state index contributed by atoms with van der Waals surface area (Å²) in [5.41, 5.74) is 3.65. The molecule has 178 valence electrons. The molecule has 0 aliphatic heterocycles. The van der Waals surface area contributed by atoms with Gasteiger partial charge in [-0.05, 0) is 42.0 Å². The largest absolute Gasteiger partial charge is 0.497 e. The Bertz CT molecular complexity index is 1010. The van der Waals surface area contributed by atoms with Gasteiger partial charge in [-0.3, -0.25) is 9.69 Å². The van der Waals surface area contributed by atoms with Crippen molar-refractivity contribution >= 4 is 5.78 Å². The Morgan fingerprint density at radius 3 is 2.06 bits per heavy atom. The van der Waals surface area contributed by atoms with Crippen molar-refractivity contribution in [2.24, 2.45) is 5.92 Å². The minimum Gasteiger partial charge on any atom is -0.497 e. The van der Waals surface area contributed by atoms with Gasteiger partial charge in [0.15, 0.2) is 0 Å². The Balaban J connectivity index is 1.49. The summed E-state index contributed by atoms with van der Waals surface area (Å²) in [4.78, 5) is 16.0. The van der Waals surface area contributed by atoms with Crippen LogP contribution in [0.1, 0.15) is 42.4 Å². The van der Waals surface area contributed by atoms with Gasteiger partial charge in [-0.2, -0.15) is 0 Å². The molecule has 0 amide bonds. The molecule has 34 heavy (non-hydrogen) atoms. The molecule has 0 N–H and O–H groups in total. The van der Waals surface area contributed by atoms with Crippen LogP contribution in [0.25, 0.3) is 0 Å². The Morgan fingerprint density at radius 1 is 0.824 bits per heavy atom. The minimum absolute atomic E-state index is 0.0302. The molecular formula is C30H35NO3. The summed E-state index contributed by atoms with van der Waals surface area (Å²) < 4.78 is 10.9. The fourth-order valence-corrected chi connectivity index (χ4v) is 5.03. The Labute approximate surface area is 203 Å². The third-order valence-corrected chi connectivity index (χ3v) is 6.92. The number of ketones is 1. The van der Waals surface area contributed by atoms with E-state index in [9.17, 15) is 4.79 Å². The van der Waals surface area contributed by atoms with Gasteiger partial charge in [0, 0.05) is 37.5 Å². The number of hydrogen-bond donors (Lipinski definition) is 0. The zero-order valence-corrected chi connectivity index (χ0v) is 20.3. The number of ether oxygens (including phenoxy) is 2. The number of benzene rings is 3. The summed E-state index contributed by atoms with van der Waals surface area (Å²) in [7, 11) is 3.33. The molecular weight excluding hydrogens is 422 g/mol. The van der Waals surface area contributed by atoms with Gasteiger partial charge in [0.2, 0.25) is 0 Å². The highest BCUT2D eigenvalue weighted by Crippen LogP contribution is 2.32. The number of methoxy groups -OCH3 is 2. The number of carbonyl (C=O) groups excluding carboxylic acids is 1. The van der Waals surface area contributed by atoms with Crippen LogP contribution in [0.3, 0.4) is 0 Å². The fraction of sp³-hybridized carbons (Fsp3) is 0.367. The lowest BCUT2D eigenvalue weighted by Gasteiger charge is -2.31. The van der Waals surface area contributed by atoms with E-state index in [0.717, 1.165) is 55.8 Å². The molecule has 4 nitrogen and oxygen atoms in total. The van der Waals surface area contributed by atoms with Gasteiger partial charge in [0.25, 0.3) is 0 Å². The monoisotopic (exact) mass is 457 g/mol. The van der Waals surface area contributed by atoms with E-state index in [1.54, 1.807) is 14.2 Å². The average molecular weight is 458 g/mol. The second-order valence-electron chi connectivity index (χ2n) is 9.21. The number of hydrogen-bond acceptors (Lipinski definition) is 4. The summed E-state index contributed by atoms with van der Waals surface area (Å²) in [5.74, 6) is 1.96. The van der Waals surface area contributed by atoms with Crippen LogP contribution in [0.5, 0.6) is 11.5 Å². The molecule has 2 atom stereocenters. The van der Waals surface area contributed by atoms with Crippen LogP contribution in [-0.4, -0.2) is 30.9 Å². The van der Waals surface area contributed by atoms with Crippen LogP contribution in [-0.2, 0) is 24.3 Å². The zero-order valence-electron chi connectivity index (χ0n) is 20.3. The molecule has 4 heteroatoms. The van der Waals surface area contributed by atoms with Crippen molar-refractivity contribution in [3.8, 4) is 11.5 Å². The van der Waals surface area contributed by atoms with Gasteiger partial charge >= 0.3 is 0 Å². The molecule has 0 radical (unpaired) electrons. The Morgan fingerprint density at radius 2 is 1.47 bits per heavy atom. The predicted octanol–water partition coefficient (Wildman–Crippen LogP) is 6.08. The Hall–Kier alpha value is -3.11. The molecule has 3 aromatic carbocycles.